The molecule has 2 rings (SSSR count). The molecule has 74 valence electrons. The lowest BCUT2D eigenvalue weighted by Crippen LogP contribution is -2.40. The molecule has 1 nitrogen and oxygen atoms in total. The van der Waals surface area contributed by atoms with Crippen LogP contribution >= 0.6 is 0 Å². The van der Waals surface area contributed by atoms with E-state index in [-0.39, 0.29) is 10.8 Å². The summed E-state index contributed by atoms with van der Waals surface area (Å²) in [5.41, 5.74) is 1.73. The van der Waals surface area contributed by atoms with Crippen molar-refractivity contribution < 1.29 is 4.79 Å². The van der Waals surface area contributed by atoms with Gasteiger partial charge in [-0.3, -0.25) is 4.79 Å². The van der Waals surface area contributed by atoms with Crippen LogP contribution in [0.25, 0.3) is 0 Å². The molecule has 0 aromatic heterocycles. The number of rotatable bonds is 0. The molecule has 0 aromatic rings. The highest BCUT2D eigenvalue weighted by atomic mass is 16.1. The van der Waals surface area contributed by atoms with Crippen molar-refractivity contribution in [1.29, 1.82) is 0 Å². The first-order valence-corrected chi connectivity index (χ1v) is 5.03. The second-order valence-corrected chi connectivity index (χ2v) is 5.21. The molecule has 0 unspecified atom stereocenters. The minimum absolute atomic E-state index is 0.309. The van der Waals surface area contributed by atoms with Crippen molar-refractivity contribution in [3.8, 4) is 0 Å². The molecule has 0 amide bonds. The number of hydrogen-bond donors (Lipinski definition) is 0. The van der Waals surface area contributed by atoms with Crippen LogP contribution in [0.3, 0.4) is 0 Å². The van der Waals surface area contributed by atoms with Gasteiger partial charge >= 0.3 is 0 Å². The van der Waals surface area contributed by atoms with E-state index >= 15 is 0 Å². The largest absolute Gasteiger partial charge is 0.298 e. The Balaban J connectivity index is 2.63. The maximum Gasteiger partial charge on any atom is 0.152 e. The van der Waals surface area contributed by atoms with Gasteiger partial charge in [0.2, 0.25) is 0 Å². The Labute approximate surface area is 85.2 Å². The van der Waals surface area contributed by atoms with Crippen LogP contribution in [-0.2, 0) is 4.79 Å². The van der Waals surface area contributed by atoms with E-state index in [0.717, 1.165) is 0 Å². The van der Waals surface area contributed by atoms with Crippen molar-refractivity contribution in [3.63, 3.8) is 0 Å². The number of fused-ring (bicyclic) bond motifs is 1. The Morgan fingerprint density at radius 1 is 1.14 bits per heavy atom. The number of Topliss-reactive ketones (excluding diaryl/α,β-unsaturated/α-hetero) is 1. The van der Waals surface area contributed by atoms with Crippen LogP contribution in [0.5, 0.6) is 0 Å². The van der Waals surface area contributed by atoms with Crippen molar-refractivity contribution in [2.45, 2.75) is 27.7 Å². The molecule has 0 atom stereocenters. The molecule has 0 saturated heterocycles. The third-order valence-corrected chi connectivity index (χ3v) is 3.19. The Kier molecular flexibility index (Phi) is 1.67. The van der Waals surface area contributed by atoms with Gasteiger partial charge in [-0.25, -0.2) is 0 Å². The molecule has 2 aliphatic rings. The molecule has 0 bridgehead atoms. The van der Waals surface area contributed by atoms with Crippen molar-refractivity contribution >= 4 is 5.78 Å². The predicted octanol–water partition coefficient (Wildman–Crippen LogP) is 3.04. The Morgan fingerprint density at radius 2 is 1.79 bits per heavy atom. The monoisotopic (exact) mass is 188 g/mol. The minimum atomic E-state index is -0.336. The molecule has 0 spiro atoms. The number of ketones is 1. The molecule has 14 heavy (non-hydrogen) atoms. The van der Waals surface area contributed by atoms with Crippen LogP contribution in [0, 0.1) is 10.8 Å². The van der Waals surface area contributed by atoms with E-state index in [1.54, 1.807) is 0 Å². The van der Waals surface area contributed by atoms with E-state index in [0.29, 0.717) is 5.78 Å². The molecule has 0 aliphatic heterocycles. The van der Waals surface area contributed by atoms with Crippen molar-refractivity contribution in [2.75, 3.05) is 0 Å². The predicted molar refractivity (Wildman–Crippen MR) is 57.9 cm³/mol. The average molecular weight is 188 g/mol. The van der Waals surface area contributed by atoms with Crippen molar-refractivity contribution in [1.82, 2.24) is 0 Å². The number of hydrogen-bond acceptors (Lipinski definition) is 1. The van der Waals surface area contributed by atoms with Crippen molar-refractivity contribution in [2.24, 2.45) is 10.8 Å². The SMILES string of the molecule is CC1(C)C=C2C=CC=C2C(C)(C)C1=O. The van der Waals surface area contributed by atoms with Gasteiger partial charge in [-0.2, -0.15) is 0 Å². The average Bonchev–Trinajstić information content (AvgIpc) is 2.49. The van der Waals surface area contributed by atoms with E-state index in [1.165, 1.54) is 11.1 Å². The Bertz CT molecular complexity index is 389. The van der Waals surface area contributed by atoms with E-state index in [1.807, 2.05) is 33.8 Å². The molecular formula is C13H16O. The third kappa shape index (κ3) is 1.05. The first-order valence-electron chi connectivity index (χ1n) is 5.03. The highest BCUT2D eigenvalue weighted by Crippen LogP contribution is 2.46. The van der Waals surface area contributed by atoms with Gasteiger partial charge in [0.25, 0.3) is 0 Å². The van der Waals surface area contributed by atoms with Crippen molar-refractivity contribution in [3.05, 3.63) is 35.5 Å². The molecule has 0 N–H and O–H groups in total. The maximum atomic E-state index is 12.2. The lowest BCUT2D eigenvalue weighted by molar-refractivity contribution is -0.132. The van der Waals surface area contributed by atoms with Crippen LogP contribution in [-0.4, -0.2) is 5.78 Å². The Morgan fingerprint density at radius 3 is 2.43 bits per heavy atom. The lowest BCUT2D eigenvalue weighted by atomic mass is 9.63. The maximum absolute atomic E-state index is 12.2. The molecule has 1 heteroatoms. The zero-order chi connectivity index (χ0) is 10.6. The number of allylic oxidation sites excluding steroid dienone is 6. The highest BCUT2D eigenvalue weighted by Gasteiger charge is 2.45. The quantitative estimate of drug-likeness (QED) is 0.571. The lowest BCUT2D eigenvalue weighted by Gasteiger charge is -2.38. The van der Waals surface area contributed by atoms with Gasteiger partial charge in [-0.05, 0) is 38.8 Å². The van der Waals surface area contributed by atoms with Gasteiger partial charge in [0.05, 0.1) is 0 Å². The van der Waals surface area contributed by atoms with Crippen LogP contribution < -0.4 is 0 Å². The summed E-state index contributed by atoms with van der Waals surface area (Å²) in [6.45, 7) is 8.02. The van der Waals surface area contributed by atoms with Crippen LogP contribution in [0.1, 0.15) is 27.7 Å². The van der Waals surface area contributed by atoms with E-state index < -0.39 is 0 Å². The second kappa shape index (κ2) is 2.47. The summed E-state index contributed by atoms with van der Waals surface area (Å²) < 4.78 is 0. The zero-order valence-electron chi connectivity index (χ0n) is 9.22. The highest BCUT2D eigenvalue weighted by molar-refractivity contribution is 5.97. The van der Waals surface area contributed by atoms with Gasteiger partial charge < -0.3 is 0 Å². The summed E-state index contributed by atoms with van der Waals surface area (Å²) in [5, 5.41) is 0. The first-order chi connectivity index (χ1) is 6.36. The fourth-order valence-corrected chi connectivity index (χ4v) is 2.51. The molecule has 0 fully saturated rings. The summed E-state index contributed by atoms with van der Waals surface area (Å²) in [6.07, 6.45) is 8.25. The topological polar surface area (TPSA) is 17.1 Å². The smallest absolute Gasteiger partial charge is 0.152 e. The molecular weight excluding hydrogens is 172 g/mol. The molecule has 0 radical (unpaired) electrons. The summed E-state index contributed by atoms with van der Waals surface area (Å²) in [4.78, 5) is 12.2. The van der Waals surface area contributed by atoms with Gasteiger partial charge in [-0.1, -0.05) is 24.3 Å². The molecule has 0 aromatic carbocycles. The number of carbonyl (C=O) groups is 1. The summed E-state index contributed by atoms with van der Waals surface area (Å²) in [7, 11) is 0. The third-order valence-electron chi connectivity index (χ3n) is 3.19. The molecule has 0 saturated carbocycles. The van der Waals surface area contributed by atoms with Gasteiger partial charge in [0.1, 0.15) is 0 Å². The van der Waals surface area contributed by atoms with E-state index in [2.05, 4.69) is 18.2 Å². The second-order valence-electron chi connectivity index (χ2n) is 5.21. The zero-order valence-corrected chi connectivity index (χ0v) is 9.22. The first kappa shape index (κ1) is 9.45. The van der Waals surface area contributed by atoms with Crippen LogP contribution in [0.15, 0.2) is 35.5 Å². The molecule has 2 aliphatic carbocycles. The fourth-order valence-electron chi connectivity index (χ4n) is 2.51. The number of carbonyl (C=O) groups excluding carboxylic acids is 1. The Hall–Kier alpha value is -1.11. The fraction of sp³-hybridized carbons (Fsp3) is 0.462. The minimum Gasteiger partial charge on any atom is -0.298 e. The van der Waals surface area contributed by atoms with E-state index in [9.17, 15) is 4.79 Å². The van der Waals surface area contributed by atoms with Gasteiger partial charge in [0, 0.05) is 10.8 Å². The molecule has 0 heterocycles. The van der Waals surface area contributed by atoms with E-state index in [4.69, 9.17) is 0 Å². The standard InChI is InChI=1S/C13H16O/c1-12(2)8-9-6-5-7-10(9)13(3,4)11(12)14/h5-8H,1-4H3. The van der Waals surface area contributed by atoms with Crippen LogP contribution in [0.2, 0.25) is 0 Å². The van der Waals surface area contributed by atoms with Crippen LogP contribution in [0.4, 0.5) is 0 Å². The van der Waals surface area contributed by atoms with Gasteiger partial charge in [0.15, 0.2) is 5.78 Å². The normalized spacial score (nSPS) is 27.0. The summed E-state index contributed by atoms with van der Waals surface area (Å²) in [6, 6.07) is 0. The summed E-state index contributed by atoms with van der Waals surface area (Å²) in [5.74, 6) is 0.309. The summed E-state index contributed by atoms with van der Waals surface area (Å²) >= 11 is 0. The van der Waals surface area contributed by atoms with Gasteiger partial charge in [-0.15, -0.1) is 0 Å².